The molecule has 2 rings (SSSR count). The first-order chi connectivity index (χ1) is 9.60. The Labute approximate surface area is 130 Å². The van der Waals surface area contributed by atoms with E-state index in [1.165, 1.54) is 5.75 Å². The highest BCUT2D eigenvalue weighted by Crippen LogP contribution is 2.28. The molecule has 1 aromatic carbocycles. The summed E-state index contributed by atoms with van der Waals surface area (Å²) in [4.78, 5) is 0. The summed E-state index contributed by atoms with van der Waals surface area (Å²) < 4.78 is 5.96. The quantitative estimate of drug-likeness (QED) is 0.767. The standard InChI is InChI=1S/C16H22ClNOS/c1-4-18-14(10-20-9-11(2)3)16-8-12-7-13(17)5-6-15(12)19-16/h5-8,11,14,18H,4,9-10H2,1-3H3. The molecule has 1 N–H and O–H groups in total. The number of thioether (sulfide) groups is 1. The molecule has 0 aliphatic carbocycles. The van der Waals surface area contributed by atoms with Crippen LogP contribution in [0.1, 0.15) is 32.6 Å². The summed E-state index contributed by atoms with van der Waals surface area (Å²) in [6.45, 7) is 7.56. The Morgan fingerprint density at radius 3 is 2.75 bits per heavy atom. The van der Waals surface area contributed by atoms with Gasteiger partial charge in [-0.2, -0.15) is 11.8 Å². The fourth-order valence-corrected chi connectivity index (χ4v) is 3.42. The van der Waals surface area contributed by atoms with Crippen molar-refractivity contribution in [3.05, 3.63) is 35.0 Å². The second kappa shape index (κ2) is 7.39. The van der Waals surface area contributed by atoms with Gasteiger partial charge in [-0.05, 0) is 42.5 Å². The Balaban J connectivity index is 2.13. The molecule has 0 aliphatic heterocycles. The third kappa shape index (κ3) is 4.18. The van der Waals surface area contributed by atoms with Crippen molar-refractivity contribution in [3.8, 4) is 0 Å². The lowest BCUT2D eigenvalue weighted by Crippen LogP contribution is -2.22. The molecule has 0 aliphatic rings. The van der Waals surface area contributed by atoms with Crippen LogP contribution in [0.5, 0.6) is 0 Å². The molecular weight excluding hydrogens is 290 g/mol. The molecule has 0 amide bonds. The molecule has 20 heavy (non-hydrogen) atoms. The average Bonchev–Trinajstić information content (AvgIpc) is 2.80. The first-order valence-corrected chi connectivity index (χ1v) is 8.63. The highest BCUT2D eigenvalue weighted by atomic mass is 35.5. The van der Waals surface area contributed by atoms with Gasteiger partial charge >= 0.3 is 0 Å². The first kappa shape index (κ1) is 15.7. The minimum absolute atomic E-state index is 0.259. The number of rotatable bonds is 7. The van der Waals surface area contributed by atoms with Crippen LogP contribution >= 0.6 is 23.4 Å². The van der Waals surface area contributed by atoms with Crippen molar-refractivity contribution in [2.45, 2.75) is 26.8 Å². The van der Waals surface area contributed by atoms with Crippen molar-refractivity contribution < 1.29 is 4.42 Å². The van der Waals surface area contributed by atoms with E-state index in [-0.39, 0.29) is 6.04 Å². The van der Waals surface area contributed by atoms with E-state index in [0.717, 1.165) is 40.0 Å². The van der Waals surface area contributed by atoms with Gasteiger partial charge in [0.1, 0.15) is 11.3 Å². The fourth-order valence-electron chi connectivity index (χ4n) is 2.12. The van der Waals surface area contributed by atoms with Gasteiger partial charge in [-0.3, -0.25) is 0 Å². The minimum atomic E-state index is 0.259. The number of furan rings is 1. The monoisotopic (exact) mass is 311 g/mol. The van der Waals surface area contributed by atoms with E-state index in [1.54, 1.807) is 0 Å². The first-order valence-electron chi connectivity index (χ1n) is 7.10. The molecule has 4 heteroatoms. The minimum Gasteiger partial charge on any atom is -0.459 e. The summed E-state index contributed by atoms with van der Waals surface area (Å²) in [5.41, 5.74) is 0.904. The van der Waals surface area contributed by atoms with Crippen molar-refractivity contribution in [1.29, 1.82) is 0 Å². The zero-order valence-electron chi connectivity index (χ0n) is 12.3. The molecule has 2 nitrogen and oxygen atoms in total. The van der Waals surface area contributed by atoms with Gasteiger partial charge in [0.15, 0.2) is 0 Å². The Morgan fingerprint density at radius 2 is 2.05 bits per heavy atom. The van der Waals surface area contributed by atoms with Gasteiger partial charge in [-0.1, -0.05) is 32.4 Å². The van der Waals surface area contributed by atoms with E-state index in [4.69, 9.17) is 16.0 Å². The predicted octanol–water partition coefficient (Wildman–Crippen LogP) is 5.13. The Bertz CT molecular complexity index is 552. The number of benzene rings is 1. The van der Waals surface area contributed by atoms with E-state index >= 15 is 0 Å². The topological polar surface area (TPSA) is 25.2 Å². The third-order valence-corrected chi connectivity index (χ3v) is 4.73. The molecule has 2 aromatic rings. The number of halogens is 1. The van der Waals surface area contributed by atoms with Crippen LogP contribution in [0.4, 0.5) is 0 Å². The normalized spacial score (nSPS) is 13.2. The van der Waals surface area contributed by atoms with Crippen molar-refractivity contribution in [2.75, 3.05) is 18.1 Å². The summed E-state index contributed by atoms with van der Waals surface area (Å²) in [5.74, 6) is 3.92. The van der Waals surface area contributed by atoms with Crippen LogP contribution in [0.3, 0.4) is 0 Å². The maximum atomic E-state index is 6.03. The van der Waals surface area contributed by atoms with Gasteiger partial charge < -0.3 is 9.73 Å². The maximum Gasteiger partial charge on any atom is 0.134 e. The molecule has 0 spiro atoms. The molecule has 0 saturated carbocycles. The summed E-state index contributed by atoms with van der Waals surface area (Å²) in [6.07, 6.45) is 0. The SMILES string of the molecule is CCNC(CSCC(C)C)c1cc2cc(Cl)ccc2o1. The molecule has 1 aromatic heterocycles. The fraction of sp³-hybridized carbons (Fsp3) is 0.500. The van der Waals surface area contributed by atoms with E-state index in [9.17, 15) is 0 Å². The molecule has 0 saturated heterocycles. The van der Waals surface area contributed by atoms with Crippen molar-refractivity contribution in [2.24, 2.45) is 5.92 Å². The van der Waals surface area contributed by atoms with Crippen LogP contribution in [-0.4, -0.2) is 18.1 Å². The maximum absolute atomic E-state index is 6.03. The molecule has 1 heterocycles. The summed E-state index contributed by atoms with van der Waals surface area (Å²) in [7, 11) is 0. The molecule has 0 fully saturated rings. The largest absolute Gasteiger partial charge is 0.459 e. The summed E-state index contributed by atoms with van der Waals surface area (Å²) >= 11 is 7.99. The molecular formula is C16H22ClNOS. The number of nitrogens with one attached hydrogen (secondary N) is 1. The molecule has 0 bridgehead atoms. The van der Waals surface area contributed by atoms with Gasteiger partial charge in [0, 0.05) is 16.2 Å². The molecule has 1 atom stereocenters. The Hall–Kier alpha value is -0.640. The number of fused-ring (bicyclic) bond motifs is 1. The summed E-state index contributed by atoms with van der Waals surface area (Å²) in [6, 6.07) is 8.12. The third-order valence-electron chi connectivity index (χ3n) is 3.03. The Morgan fingerprint density at radius 1 is 1.25 bits per heavy atom. The van der Waals surface area contributed by atoms with Crippen molar-refractivity contribution >= 4 is 34.3 Å². The smallest absolute Gasteiger partial charge is 0.134 e. The Kier molecular flexibility index (Phi) is 5.82. The number of hydrogen-bond donors (Lipinski definition) is 1. The van der Waals surface area contributed by atoms with Crippen LogP contribution in [0, 0.1) is 5.92 Å². The number of hydrogen-bond acceptors (Lipinski definition) is 3. The molecule has 110 valence electrons. The molecule has 0 radical (unpaired) electrons. The van der Waals surface area contributed by atoms with E-state index in [2.05, 4.69) is 32.2 Å². The van der Waals surface area contributed by atoms with Crippen molar-refractivity contribution in [3.63, 3.8) is 0 Å². The van der Waals surface area contributed by atoms with Crippen LogP contribution in [0.15, 0.2) is 28.7 Å². The van der Waals surface area contributed by atoms with E-state index in [1.807, 2.05) is 30.0 Å². The van der Waals surface area contributed by atoms with Crippen LogP contribution in [-0.2, 0) is 0 Å². The van der Waals surface area contributed by atoms with Gasteiger partial charge in [0.25, 0.3) is 0 Å². The summed E-state index contributed by atoms with van der Waals surface area (Å²) in [5, 5.41) is 5.32. The average molecular weight is 312 g/mol. The zero-order chi connectivity index (χ0) is 14.5. The predicted molar refractivity (Wildman–Crippen MR) is 89.8 cm³/mol. The van der Waals surface area contributed by atoms with Gasteiger partial charge in [0.05, 0.1) is 6.04 Å². The van der Waals surface area contributed by atoms with Crippen LogP contribution in [0.2, 0.25) is 5.02 Å². The van der Waals surface area contributed by atoms with Crippen LogP contribution in [0.25, 0.3) is 11.0 Å². The highest BCUT2D eigenvalue weighted by Gasteiger charge is 2.16. The molecule has 1 unspecified atom stereocenters. The second-order valence-corrected chi connectivity index (χ2v) is 6.88. The lowest BCUT2D eigenvalue weighted by molar-refractivity contribution is 0.463. The van der Waals surface area contributed by atoms with Crippen LogP contribution < -0.4 is 5.32 Å². The van der Waals surface area contributed by atoms with E-state index in [0.29, 0.717) is 0 Å². The lowest BCUT2D eigenvalue weighted by Gasteiger charge is -2.15. The second-order valence-electron chi connectivity index (χ2n) is 5.37. The van der Waals surface area contributed by atoms with Gasteiger partial charge in [-0.25, -0.2) is 0 Å². The lowest BCUT2D eigenvalue weighted by atomic mass is 10.2. The van der Waals surface area contributed by atoms with E-state index < -0.39 is 0 Å². The van der Waals surface area contributed by atoms with Crippen molar-refractivity contribution in [1.82, 2.24) is 5.32 Å². The van der Waals surface area contributed by atoms with Gasteiger partial charge in [0.2, 0.25) is 0 Å². The highest BCUT2D eigenvalue weighted by molar-refractivity contribution is 7.99. The zero-order valence-corrected chi connectivity index (χ0v) is 13.9. The van der Waals surface area contributed by atoms with Gasteiger partial charge in [-0.15, -0.1) is 0 Å².